The maximum atomic E-state index is 12.8. The third-order valence-electron chi connectivity index (χ3n) is 5.39. The highest BCUT2D eigenvalue weighted by atomic mass is 32.1. The number of amides is 1. The molecule has 1 aliphatic heterocycles. The van der Waals surface area contributed by atoms with Crippen LogP contribution in [0.15, 0.2) is 55.0 Å². The van der Waals surface area contributed by atoms with Gasteiger partial charge in [0.15, 0.2) is 11.5 Å². The second-order valence-corrected chi connectivity index (χ2v) is 8.71. The Morgan fingerprint density at radius 3 is 2.76 bits per heavy atom. The Morgan fingerprint density at radius 1 is 1.10 bits per heavy atom. The van der Waals surface area contributed by atoms with E-state index in [0.29, 0.717) is 6.54 Å². The van der Waals surface area contributed by atoms with Gasteiger partial charge in [-0.15, -0.1) is 11.3 Å². The Labute approximate surface area is 172 Å². The SMILES string of the molecule is Cc1ccc(C(=O)N2CCCC(c3nc4ccc(-c5ccncc5)cn4n3)C2)s1. The van der Waals surface area contributed by atoms with Crippen molar-refractivity contribution in [3.05, 3.63) is 70.6 Å². The summed E-state index contributed by atoms with van der Waals surface area (Å²) >= 11 is 1.56. The minimum atomic E-state index is 0.122. The number of hydrogen-bond acceptors (Lipinski definition) is 5. The van der Waals surface area contributed by atoms with E-state index in [4.69, 9.17) is 10.1 Å². The summed E-state index contributed by atoms with van der Waals surface area (Å²) < 4.78 is 1.84. The first-order chi connectivity index (χ1) is 14.2. The van der Waals surface area contributed by atoms with Crippen LogP contribution in [0.4, 0.5) is 0 Å². The number of rotatable bonds is 3. The van der Waals surface area contributed by atoms with Gasteiger partial charge in [-0.1, -0.05) is 0 Å². The molecule has 6 nitrogen and oxygen atoms in total. The van der Waals surface area contributed by atoms with Crippen molar-refractivity contribution in [2.75, 3.05) is 13.1 Å². The fraction of sp³-hybridized carbons (Fsp3) is 0.273. The highest BCUT2D eigenvalue weighted by molar-refractivity contribution is 7.13. The summed E-state index contributed by atoms with van der Waals surface area (Å²) in [7, 11) is 0. The molecule has 0 spiro atoms. The highest BCUT2D eigenvalue weighted by Crippen LogP contribution is 2.28. The van der Waals surface area contributed by atoms with Gasteiger partial charge in [-0.25, -0.2) is 9.50 Å². The summed E-state index contributed by atoms with van der Waals surface area (Å²) in [4.78, 5) is 25.6. The number of nitrogens with zero attached hydrogens (tertiary/aromatic N) is 5. The van der Waals surface area contributed by atoms with Gasteiger partial charge in [0.05, 0.1) is 4.88 Å². The predicted molar refractivity (Wildman–Crippen MR) is 113 cm³/mol. The maximum Gasteiger partial charge on any atom is 0.263 e. The summed E-state index contributed by atoms with van der Waals surface area (Å²) in [5.74, 6) is 1.10. The van der Waals surface area contributed by atoms with Crippen LogP contribution in [-0.4, -0.2) is 43.5 Å². The highest BCUT2D eigenvalue weighted by Gasteiger charge is 2.28. The van der Waals surface area contributed by atoms with Crippen molar-refractivity contribution < 1.29 is 4.79 Å². The number of hydrogen-bond donors (Lipinski definition) is 0. The van der Waals surface area contributed by atoms with Gasteiger partial charge in [0.2, 0.25) is 0 Å². The van der Waals surface area contributed by atoms with Gasteiger partial charge < -0.3 is 4.90 Å². The molecule has 0 N–H and O–H groups in total. The van der Waals surface area contributed by atoms with Crippen LogP contribution in [0.3, 0.4) is 0 Å². The zero-order chi connectivity index (χ0) is 19.8. The quantitative estimate of drug-likeness (QED) is 0.515. The summed E-state index contributed by atoms with van der Waals surface area (Å²) in [6.07, 6.45) is 7.55. The maximum absolute atomic E-state index is 12.8. The van der Waals surface area contributed by atoms with Crippen molar-refractivity contribution in [2.24, 2.45) is 0 Å². The molecule has 5 heterocycles. The molecule has 4 aromatic rings. The molecule has 0 radical (unpaired) electrons. The minimum absolute atomic E-state index is 0.122. The molecule has 1 aliphatic rings. The lowest BCUT2D eigenvalue weighted by molar-refractivity contribution is 0.0709. The third kappa shape index (κ3) is 3.53. The monoisotopic (exact) mass is 403 g/mol. The summed E-state index contributed by atoms with van der Waals surface area (Å²) in [6, 6.07) is 11.9. The van der Waals surface area contributed by atoms with Crippen molar-refractivity contribution in [2.45, 2.75) is 25.7 Å². The molecule has 1 amide bonds. The van der Waals surface area contributed by atoms with E-state index >= 15 is 0 Å². The van der Waals surface area contributed by atoms with Gasteiger partial charge in [-0.2, -0.15) is 5.10 Å². The van der Waals surface area contributed by atoms with Gasteiger partial charge in [-0.3, -0.25) is 9.78 Å². The number of thiophene rings is 1. The van der Waals surface area contributed by atoms with E-state index in [1.54, 1.807) is 23.7 Å². The Balaban J connectivity index is 1.39. The topological polar surface area (TPSA) is 63.4 Å². The number of pyridine rings is 2. The molecular formula is C22H21N5OS. The van der Waals surface area contributed by atoms with Crippen LogP contribution in [0.25, 0.3) is 16.8 Å². The van der Waals surface area contributed by atoms with Gasteiger partial charge in [0, 0.05) is 48.0 Å². The standard InChI is InChI=1S/C22H21N5OS/c1-15-4-6-19(29-15)22(28)26-12-2-3-18(13-26)21-24-20-7-5-17(14-27(20)25-21)16-8-10-23-11-9-16/h4-11,14,18H,2-3,12-13H2,1H3. The second kappa shape index (κ2) is 7.40. The molecule has 0 aliphatic carbocycles. The lowest BCUT2D eigenvalue weighted by Crippen LogP contribution is -2.39. The van der Waals surface area contributed by atoms with Gasteiger partial charge in [-0.05, 0) is 61.7 Å². The smallest absolute Gasteiger partial charge is 0.263 e. The molecule has 1 atom stereocenters. The van der Waals surface area contributed by atoms with Crippen LogP contribution in [0.5, 0.6) is 0 Å². The zero-order valence-electron chi connectivity index (χ0n) is 16.2. The van der Waals surface area contributed by atoms with E-state index in [1.165, 1.54) is 0 Å². The van der Waals surface area contributed by atoms with Crippen LogP contribution in [0, 0.1) is 6.92 Å². The molecule has 146 valence electrons. The van der Waals surface area contributed by atoms with E-state index in [0.717, 1.165) is 51.7 Å². The largest absolute Gasteiger partial charge is 0.337 e. The van der Waals surface area contributed by atoms with Crippen LogP contribution < -0.4 is 0 Å². The Kier molecular flexibility index (Phi) is 4.60. The fourth-order valence-electron chi connectivity index (χ4n) is 3.87. The van der Waals surface area contributed by atoms with E-state index < -0.39 is 0 Å². The molecule has 1 fully saturated rings. The molecule has 4 aromatic heterocycles. The predicted octanol–water partition coefficient (Wildman–Crippen LogP) is 4.18. The van der Waals surface area contributed by atoms with Crippen molar-refractivity contribution in [1.82, 2.24) is 24.5 Å². The molecular weight excluding hydrogens is 382 g/mol. The summed E-state index contributed by atoms with van der Waals surface area (Å²) in [5, 5.41) is 4.75. The fourth-order valence-corrected chi connectivity index (χ4v) is 4.70. The number of carbonyl (C=O) groups excluding carboxylic acids is 1. The Hall–Kier alpha value is -3.06. The number of aromatic nitrogens is 4. The lowest BCUT2D eigenvalue weighted by atomic mass is 9.97. The van der Waals surface area contributed by atoms with E-state index in [9.17, 15) is 4.79 Å². The molecule has 0 bridgehead atoms. The second-order valence-electron chi connectivity index (χ2n) is 7.43. The molecule has 0 saturated carbocycles. The molecule has 5 rings (SSSR count). The van der Waals surface area contributed by atoms with E-state index in [-0.39, 0.29) is 11.8 Å². The average Bonchev–Trinajstić information content (AvgIpc) is 3.39. The first-order valence-corrected chi connectivity index (χ1v) is 10.6. The van der Waals surface area contributed by atoms with Crippen LogP contribution in [-0.2, 0) is 0 Å². The Bertz CT molecular complexity index is 1170. The van der Waals surface area contributed by atoms with Crippen molar-refractivity contribution in [3.8, 4) is 11.1 Å². The van der Waals surface area contributed by atoms with Crippen LogP contribution in [0.1, 0.15) is 39.1 Å². The molecule has 1 saturated heterocycles. The third-order valence-corrected chi connectivity index (χ3v) is 6.37. The number of fused-ring (bicyclic) bond motifs is 1. The average molecular weight is 404 g/mol. The number of likely N-dealkylation sites (tertiary alicyclic amines) is 1. The normalized spacial score (nSPS) is 17.0. The molecule has 29 heavy (non-hydrogen) atoms. The summed E-state index contributed by atoms with van der Waals surface area (Å²) in [5.41, 5.74) is 3.00. The van der Waals surface area contributed by atoms with Crippen molar-refractivity contribution in [3.63, 3.8) is 0 Å². The molecule has 0 aromatic carbocycles. The van der Waals surface area contributed by atoms with Crippen LogP contribution >= 0.6 is 11.3 Å². The first-order valence-electron chi connectivity index (χ1n) is 9.80. The minimum Gasteiger partial charge on any atom is -0.337 e. The van der Waals surface area contributed by atoms with Gasteiger partial charge in [0.25, 0.3) is 5.91 Å². The van der Waals surface area contributed by atoms with Gasteiger partial charge >= 0.3 is 0 Å². The van der Waals surface area contributed by atoms with Gasteiger partial charge in [0.1, 0.15) is 0 Å². The molecule has 7 heteroatoms. The zero-order valence-corrected chi connectivity index (χ0v) is 17.0. The number of piperidine rings is 1. The van der Waals surface area contributed by atoms with Crippen molar-refractivity contribution in [1.29, 1.82) is 0 Å². The van der Waals surface area contributed by atoms with E-state index in [2.05, 4.69) is 11.1 Å². The number of carbonyl (C=O) groups is 1. The summed E-state index contributed by atoms with van der Waals surface area (Å²) in [6.45, 7) is 3.50. The lowest BCUT2D eigenvalue weighted by Gasteiger charge is -2.31. The molecule has 1 unspecified atom stereocenters. The van der Waals surface area contributed by atoms with E-state index in [1.807, 2.05) is 52.9 Å². The van der Waals surface area contributed by atoms with Crippen molar-refractivity contribution >= 4 is 22.9 Å². The number of aryl methyl sites for hydroxylation is 1. The Morgan fingerprint density at radius 2 is 1.97 bits per heavy atom. The van der Waals surface area contributed by atoms with Crippen LogP contribution in [0.2, 0.25) is 0 Å². The first kappa shape index (κ1) is 18.0.